The molecule has 6 N–H and O–H groups in total. The topological polar surface area (TPSA) is 95.1 Å². The molecule has 2 unspecified atom stereocenters. The maximum Gasteiger partial charge on any atom is 0.220 e. The fourth-order valence-corrected chi connectivity index (χ4v) is 3.91. The molecule has 0 spiro atoms. The van der Waals surface area contributed by atoms with E-state index in [0.29, 0.717) is 12.3 Å². The molecule has 0 aliphatic heterocycles. The summed E-state index contributed by atoms with van der Waals surface area (Å²) in [5.41, 5.74) is 21.2. The second-order valence-corrected chi connectivity index (χ2v) is 10.6. The van der Waals surface area contributed by atoms with E-state index in [4.69, 9.17) is 17.2 Å². The van der Waals surface area contributed by atoms with Crippen molar-refractivity contribution in [2.24, 2.45) is 23.1 Å². The second kappa shape index (κ2) is 8.32. The van der Waals surface area contributed by atoms with Crippen LogP contribution in [-0.2, 0) is 16.6 Å². The van der Waals surface area contributed by atoms with Crippen molar-refractivity contribution < 1.29 is 4.79 Å². The quantitative estimate of drug-likeness (QED) is 0.609. The molecule has 0 radical (unpaired) electrons. The van der Waals surface area contributed by atoms with Gasteiger partial charge in [-0.25, -0.2) is 0 Å². The van der Waals surface area contributed by atoms with Gasteiger partial charge in [0, 0.05) is 17.0 Å². The Labute approximate surface area is 166 Å². The smallest absolute Gasteiger partial charge is 0.220 e. The molecule has 154 valence electrons. The van der Waals surface area contributed by atoms with Crippen LogP contribution in [0.4, 0.5) is 0 Å². The Balaban J connectivity index is 3.35. The van der Waals surface area contributed by atoms with Gasteiger partial charge in [-0.05, 0) is 75.0 Å². The summed E-state index contributed by atoms with van der Waals surface area (Å²) in [7, 11) is 0. The molecule has 4 nitrogen and oxygen atoms in total. The van der Waals surface area contributed by atoms with E-state index in [1.807, 2.05) is 20.8 Å². The standard InChI is InChI=1S/C23H41N3O/c1-15(13-22(5,6)25)18-9-17(14-23(7,8)26)10-19(11-18)21(3,4)12-16(2)20(24)27/h9-11,15-16H,12-14,25-26H2,1-8H3,(H2,24,27). The lowest BCUT2D eigenvalue weighted by Crippen LogP contribution is -2.35. The van der Waals surface area contributed by atoms with E-state index in [1.54, 1.807) is 0 Å². The average molecular weight is 376 g/mol. The highest BCUT2D eigenvalue weighted by Crippen LogP contribution is 2.35. The first kappa shape index (κ1) is 23.6. The Morgan fingerprint density at radius 1 is 0.926 bits per heavy atom. The Morgan fingerprint density at radius 3 is 1.93 bits per heavy atom. The molecule has 1 rings (SSSR count). The summed E-state index contributed by atoms with van der Waals surface area (Å²) in [6.45, 7) is 16.7. The monoisotopic (exact) mass is 375 g/mol. The molecule has 27 heavy (non-hydrogen) atoms. The van der Waals surface area contributed by atoms with Crippen molar-refractivity contribution in [2.45, 2.75) is 97.1 Å². The molecule has 0 saturated carbocycles. The van der Waals surface area contributed by atoms with Gasteiger partial charge in [-0.3, -0.25) is 4.79 Å². The van der Waals surface area contributed by atoms with Crippen LogP contribution in [0.1, 0.15) is 90.8 Å². The van der Waals surface area contributed by atoms with Crippen LogP contribution >= 0.6 is 0 Å². The van der Waals surface area contributed by atoms with E-state index in [9.17, 15) is 4.79 Å². The second-order valence-electron chi connectivity index (χ2n) is 10.6. The lowest BCUT2D eigenvalue weighted by atomic mass is 9.74. The Bertz CT molecular complexity index is 651. The van der Waals surface area contributed by atoms with Crippen LogP contribution in [0.2, 0.25) is 0 Å². The third-order valence-corrected chi connectivity index (χ3v) is 5.16. The van der Waals surface area contributed by atoms with Gasteiger partial charge in [0.25, 0.3) is 0 Å². The van der Waals surface area contributed by atoms with Crippen LogP contribution < -0.4 is 17.2 Å². The van der Waals surface area contributed by atoms with Crippen molar-refractivity contribution in [3.63, 3.8) is 0 Å². The molecule has 0 heterocycles. The maximum absolute atomic E-state index is 11.6. The molecule has 4 heteroatoms. The zero-order valence-corrected chi connectivity index (χ0v) is 18.6. The van der Waals surface area contributed by atoms with Crippen molar-refractivity contribution in [3.05, 3.63) is 34.9 Å². The van der Waals surface area contributed by atoms with Crippen molar-refractivity contribution >= 4 is 5.91 Å². The van der Waals surface area contributed by atoms with Crippen molar-refractivity contribution in [2.75, 3.05) is 0 Å². The molecule has 0 saturated heterocycles. The van der Waals surface area contributed by atoms with Crippen LogP contribution in [0.3, 0.4) is 0 Å². The van der Waals surface area contributed by atoms with Crippen LogP contribution in [0.25, 0.3) is 0 Å². The SMILES string of the molecule is CC(CC(C)(C)c1cc(CC(C)(C)N)cc(C(C)CC(C)(C)N)c1)C(N)=O. The number of primary amides is 1. The summed E-state index contributed by atoms with van der Waals surface area (Å²) < 4.78 is 0. The summed E-state index contributed by atoms with van der Waals surface area (Å²) >= 11 is 0. The number of rotatable bonds is 9. The fraction of sp³-hybridized carbons (Fsp3) is 0.696. The first-order valence-electron chi connectivity index (χ1n) is 10.0. The average Bonchev–Trinajstić information content (AvgIpc) is 2.42. The highest BCUT2D eigenvalue weighted by Gasteiger charge is 2.28. The Morgan fingerprint density at radius 2 is 1.48 bits per heavy atom. The molecule has 0 fully saturated rings. The molecule has 1 aromatic rings. The molecule has 0 aromatic heterocycles. The van der Waals surface area contributed by atoms with Crippen molar-refractivity contribution in [3.8, 4) is 0 Å². The number of hydrogen-bond donors (Lipinski definition) is 3. The van der Waals surface area contributed by atoms with Gasteiger partial charge in [-0.1, -0.05) is 45.9 Å². The fourth-order valence-electron chi connectivity index (χ4n) is 3.91. The van der Waals surface area contributed by atoms with E-state index >= 15 is 0 Å². The molecular formula is C23H41N3O. The van der Waals surface area contributed by atoms with Gasteiger partial charge in [0.15, 0.2) is 0 Å². The molecule has 1 amide bonds. The zero-order chi connectivity index (χ0) is 21.2. The van der Waals surface area contributed by atoms with Crippen molar-refractivity contribution in [1.29, 1.82) is 0 Å². The number of carbonyl (C=O) groups is 1. The predicted molar refractivity (Wildman–Crippen MR) is 116 cm³/mol. The molecule has 0 aliphatic carbocycles. The minimum Gasteiger partial charge on any atom is -0.369 e. The van der Waals surface area contributed by atoms with E-state index in [1.165, 1.54) is 16.7 Å². The molecule has 1 aromatic carbocycles. The number of nitrogens with two attached hydrogens (primary N) is 3. The van der Waals surface area contributed by atoms with Gasteiger partial charge >= 0.3 is 0 Å². The molecule has 2 atom stereocenters. The third kappa shape index (κ3) is 8.02. The highest BCUT2D eigenvalue weighted by molar-refractivity contribution is 5.76. The first-order chi connectivity index (χ1) is 12.0. The van der Waals surface area contributed by atoms with E-state index < -0.39 is 0 Å². The van der Waals surface area contributed by atoms with Crippen LogP contribution in [0.5, 0.6) is 0 Å². The number of amides is 1. The summed E-state index contributed by atoms with van der Waals surface area (Å²) in [6.07, 6.45) is 2.42. The summed E-state index contributed by atoms with van der Waals surface area (Å²) in [5, 5.41) is 0. The van der Waals surface area contributed by atoms with E-state index in [2.05, 4.69) is 52.8 Å². The Hall–Kier alpha value is -1.39. The van der Waals surface area contributed by atoms with E-state index in [-0.39, 0.29) is 28.3 Å². The van der Waals surface area contributed by atoms with Gasteiger partial charge < -0.3 is 17.2 Å². The number of hydrogen-bond acceptors (Lipinski definition) is 3. The minimum atomic E-state index is -0.281. The van der Waals surface area contributed by atoms with E-state index in [0.717, 1.165) is 12.8 Å². The third-order valence-electron chi connectivity index (χ3n) is 5.16. The maximum atomic E-state index is 11.6. The van der Waals surface area contributed by atoms with Gasteiger partial charge in [-0.2, -0.15) is 0 Å². The highest BCUT2D eigenvalue weighted by atomic mass is 16.1. The summed E-state index contributed by atoms with van der Waals surface area (Å²) in [4.78, 5) is 11.6. The first-order valence-corrected chi connectivity index (χ1v) is 10.0. The summed E-state index contributed by atoms with van der Waals surface area (Å²) in [6, 6.07) is 6.78. The van der Waals surface area contributed by atoms with Crippen molar-refractivity contribution in [1.82, 2.24) is 0 Å². The Kier molecular flexibility index (Phi) is 7.29. The van der Waals surface area contributed by atoms with Gasteiger partial charge in [0.1, 0.15) is 0 Å². The number of carbonyl (C=O) groups excluding carboxylic acids is 1. The molecular weight excluding hydrogens is 334 g/mol. The normalized spacial score (nSPS) is 15.5. The predicted octanol–water partition coefficient (Wildman–Crippen LogP) is 3.99. The van der Waals surface area contributed by atoms with Crippen LogP contribution in [-0.4, -0.2) is 17.0 Å². The molecule has 0 aliphatic rings. The van der Waals surface area contributed by atoms with Gasteiger partial charge in [-0.15, -0.1) is 0 Å². The van der Waals surface area contributed by atoms with Crippen LogP contribution in [0, 0.1) is 5.92 Å². The largest absolute Gasteiger partial charge is 0.369 e. The lowest BCUT2D eigenvalue weighted by molar-refractivity contribution is -0.121. The lowest BCUT2D eigenvalue weighted by Gasteiger charge is -2.31. The summed E-state index contributed by atoms with van der Waals surface area (Å²) in [5.74, 6) is -0.0757. The zero-order valence-electron chi connectivity index (χ0n) is 18.6. The van der Waals surface area contributed by atoms with Gasteiger partial charge in [0.05, 0.1) is 0 Å². The minimum absolute atomic E-state index is 0.157. The van der Waals surface area contributed by atoms with Gasteiger partial charge in [0.2, 0.25) is 5.91 Å². The molecule has 0 bridgehead atoms. The van der Waals surface area contributed by atoms with Crippen LogP contribution in [0.15, 0.2) is 18.2 Å². The number of benzene rings is 1.